The smallest absolute Gasteiger partial charge is 0.325 e. The van der Waals surface area contributed by atoms with Crippen molar-refractivity contribution >= 4 is 34.8 Å². The molecule has 1 saturated heterocycles. The van der Waals surface area contributed by atoms with Crippen LogP contribution in [-0.4, -0.2) is 25.2 Å². The van der Waals surface area contributed by atoms with Crippen LogP contribution in [-0.2, 0) is 4.79 Å². The standard InChI is InChI=1S/C12H11Cl2F3N2O/c13-8-2-1-7(5-9(8)14)19-10(20)11(12(15,16)17)3-4-18-6-11/h1-2,5,18H,3-4,6H2,(H,19,20). The Hall–Kier alpha value is -0.980. The van der Waals surface area contributed by atoms with E-state index in [2.05, 4.69) is 10.6 Å². The van der Waals surface area contributed by atoms with Gasteiger partial charge in [0, 0.05) is 12.2 Å². The molecule has 2 N–H and O–H groups in total. The zero-order chi connectivity index (χ0) is 15.0. The highest BCUT2D eigenvalue weighted by molar-refractivity contribution is 6.42. The first-order chi connectivity index (χ1) is 9.26. The molecule has 0 bridgehead atoms. The van der Waals surface area contributed by atoms with Crippen LogP contribution in [0.4, 0.5) is 18.9 Å². The fraction of sp³-hybridized carbons (Fsp3) is 0.417. The van der Waals surface area contributed by atoms with Gasteiger partial charge in [0.05, 0.1) is 10.0 Å². The van der Waals surface area contributed by atoms with Crippen molar-refractivity contribution in [1.82, 2.24) is 5.32 Å². The Bertz CT molecular complexity index is 528. The molecule has 1 aliphatic rings. The van der Waals surface area contributed by atoms with Gasteiger partial charge in [-0.25, -0.2) is 0 Å². The molecule has 8 heteroatoms. The zero-order valence-corrected chi connectivity index (χ0v) is 11.7. The van der Waals surface area contributed by atoms with E-state index in [-0.39, 0.29) is 28.7 Å². The van der Waals surface area contributed by atoms with E-state index in [0.29, 0.717) is 0 Å². The summed E-state index contributed by atoms with van der Waals surface area (Å²) in [6.07, 6.45) is -4.90. The third-order valence-electron chi connectivity index (χ3n) is 3.31. The van der Waals surface area contributed by atoms with E-state index in [0.717, 1.165) is 0 Å². The summed E-state index contributed by atoms with van der Waals surface area (Å²) in [5.41, 5.74) is -2.22. The largest absolute Gasteiger partial charge is 0.404 e. The molecule has 1 unspecified atom stereocenters. The molecule has 110 valence electrons. The van der Waals surface area contributed by atoms with Gasteiger partial charge in [-0.1, -0.05) is 23.2 Å². The molecule has 0 radical (unpaired) electrons. The Morgan fingerprint density at radius 1 is 1.30 bits per heavy atom. The average Bonchev–Trinajstić information content (AvgIpc) is 2.84. The van der Waals surface area contributed by atoms with Gasteiger partial charge in [0.2, 0.25) is 5.91 Å². The quantitative estimate of drug-likeness (QED) is 0.873. The van der Waals surface area contributed by atoms with Crippen LogP contribution in [0.2, 0.25) is 10.0 Å². The number of alkyl halides is 3. The van der Waals surface area contributed by atoms with Crippen molar-refractivity contribution < 1.29 is 18.0 Å². The molecular formula is C12H11Cl2F3N2O. The van der Waals surface area contributed by atoms with E-state index in [1.807, 2.05) is 0 Å². The Balaban J connectivity index is 2.23. The summed E-state index contributed by atoms with van der Waals surface area (Å²) >= 11 is 11.5. The van der Waals surface area contributed by atoms with E-state index < -0.39 is 24.0 Å². The van der Waals surface area contributed by atoms with Gasteiger partial charge in [-0.05, 0) is 31.2 Å². The number of benzene rings is 1. The van der Waals surface area contributed by atoms with Crippen LogP contribution in [0.1, 0.15) is 6.42 Å². The Morgan fingerprint density at radius 3 is 2.50 bits per heavy atom. The highest BCUT2D eigenvalue weighted by Crippen LogP contribution is 2.43. The van der Waals surface area contributed by atoms with Crippen molar-refractivity contribution in [2.24, 2.45) is 5.41 Å². The molecule has 1 fully saturated rings. The summed E-state index contributed by atoms with van der Waals surface area (Å²) in [5.74, 6) is -1.09. The van der Waals surface area contributed by atoms with Crippen LogP contribution in [0.5, 0.6) is 0 Å². The predicted octanol–water partition coefficient (Wildman–Crippen LogP) is 3.47. The van der Waals surface area contributed by atoms with Crippen molar-refractivity contribution in [3.63, 3.8) is 0 Å². The molecule has 2 rings (SSSR count). The minimum Gasteiger partial charge on any atom is -0.325 e. The highest BCUT2D eigenvalue weighted by atomic mass is 35.5. The summed E-state index contributed by atoms with van der Waals surface area (Å²) in [7, 11) is 0. The summed E-state index contributed by atoms with van der Waals surface area (Å²) in [6, 6.07) is 4.12. The number of hydrogen-bond acceptors (Lipinski definition) is 2. The van der Waals surface area contributed by atoms with Crippen LogP contribution in [0.3, 0.4) is 0 Å². The predicted molar refractivity (Wildman–Crippen MR) is 71.1 cm³/mol. The molecule has 0 spiro atoms. The number of hydrogen-bond donors (Lipinski definition) is 2. The molecule has 0 aliphatic carbocycles. The van der Waals surface area contributed by atoms with Crippen molar-refractivity contribution in [1.29, 1.82) is 0 Å². The third-order valence-corrected chi connectivity index (χ3v) is 4.05. The van der Waals surface area contributed by atoms with Crippen LogP contribution in [0.25, 0.3) is 0 Å². The lowest BCUT2D eigenvalue weighted by molar-refractivity contribution is -0.213. The molecular weight excluding hydrogens is 316 g/mol. The van der Waals surface area contributed by atoms with Gasteiger partial charge in [-0.3, -0.25) is 4.79 Å². The van der Waals surface area contributed by atoms with E-state index in [9.17, 15) is 18.0 Å². The number of nitrogens with one attached hydrogen (secondary N) is 2. The number of amides is 1. The Kier molecular flexibility index (Phi) is 4.18. The van der Waals surface area contributed by atoms with Crippen LogP contribution in [0, 0.1) is 5.41 Å². The van der Waals surface area contributed by atoms with Gasteiger partial charge >= 0.3 is 6.18 Å². The first kappa shape index (κ1) is 15.4. The highest BCUT2D eigenvalue weighted by Gasteiger charge is 2.61. The SMILES string of the molecule is O=C(Nc1ccc(Cl)c(Cl)c1)C1(C(F)(F)F)CCNC1. The second kappa shape index (κ2) is 5.42. The zero-order valence-electron chi connectivity index (χ0n) is 10.2. The Morgan fingerprint density at radius 2 is 2.00 bits per heavy atom. The lowest BCUT2D eigenvalue weighted by atomic mass is 9.85. The minimum absolute atomic E-state index is 0.147. The third kappa shape index (κ3) is 2.73. The van der Waals surface area contributed by atoms with Crippen molar-refractivity contribution in [3.05, 3.63) is 28.2 Å². The molecule has 20 heavy (non-hydrogen) atoms. The van der Waals surface area contributed by atoms with Crippen molar-refractivity contribution in [2.75, 3.05) is 18.4 Å². The van der Waals surface area contributed by atoms with E-state index >= 15 is 0 Å². The number of carbonyl (C=O) groups is 1. The van der Waals surface area contributed by atoms with E-state index in [1.54, 1.807) is 0 Å². The second-order valence-electron chi connectivity index (χ2n) is 4.59. The van der Waals surface area contributed by atoms with Crippen molar-refractivity contribution in [2.45, 2.75) is 12.6 Å². The summed E-state index contributed by atoms with van der Waals surface area (Å²) in [5, 5.41) is 5.26. The molecule has 1 aromatic carbocycles. The average molecular weight is 327 g/mol. The summed E-state index contributed by atoms with van der Waals surface area (Å²) in [4.78, 5) is 12.0. The van der Waals surface area contributed by atoms with Crippen molar-refractivity contribution in [3.8, 4) is 0 Å². The number of rotatable bonds is 2. The van der Waals surface area contributed by atoms with E-state index in [4.69, 9.17) is 23.2 Å². The maximum Gasteiger partial charge on any atom is 0.404 e. The van der Waals surface area contributed by atoms with Crippen LogP contribution in [0.15, 0.2) is 18.2 Å². The topological polar surface area (TPSA) is 41.1 Å². The molecule has 0 saturated carbocycles. The van der Waals surface area contributed by atoms with Crippen LogP contribution < -0.4 is 10.6 Å². The molecule has 3 nitrogen and oxygen atoms in total. The lowest BCUT2D eigenvalue weighted by Gasteiger charge is -2.29. The van der Waals surface area contributed by atoms with Gasteiger partial charge in [-0.15, -0.1) is 0 Å². The second-order valence-corrected chi connectivity index (χ2v) is 5.40. The minimum atomic E-state index is -4.61. The molecule has 1 atom stereocenters. The van der Waals surface area contributed by atoms with Gasteiger partial charge in [-0.2, -0.15) is 13.2 Å². The number of halogens is 5. The van der Waals surface area contributed by atoms with Gasteiger partial charge < -0.3 is 10.6 Å². The Labute approximate surface area is 123 Å². The summed E-state index contributed by atoms with van der Waals surface area (Å²) in [6.45, 7) is -0.280. The monoisotopic (exact) mass is 326 g/mol. The maximum atomic E-state index is 13.2. The first-order valence-corrected chi connectivity index (χ1v) is 6.56. The van der Waals surface area contributed by atoms with Gasteiger partial charge in [0.15, 0.2) is 5.41 Å². The molecule has 1 amide bonds. The van der Waals surface area contributed by atoms with Crippen LogP contribution >= 0.6 is 23.2 Å². The molecule has 0 aromatic heterocycles. The lowest BCUT2D eigenvalue weighted by Crippen LogP contribution is -2.49. The fourth-order valence-electron chi connectivity index (χ4n) is 2.08. The van der Waals surface area contributed by atoms with Gasteiger partial charge in [0.25, 0.3) is 0 Å². The van der Waals surface area contributed by atoms with Gasteiger partial charge in [0.1, 0.15) is 0 Å². The first-order valence-electron chi connectivity index (χ1n) is 5.80. The van der Waals surface area contributed by atoms with E-state index in [1.165, 1.54) is 18.2 Å². The number of anilines is 1. The molecule has 1 aromatic rings. The molecule has 1 heterocycles. The fourth-order valence-corrected chi connectivity index (χ4v) is 2.38. The normalized spacial score (nSPS) is 22.9. The number of carbonyl (C=O) groups excluding carboxylic acids is 1. The maximum absolute atomic E-state index is 13.2. The summed E-state index contributed by atoms with van der Waals surface area (Å²) < 4.78 is 39.5. The molecule has 1 aliphatic heterocycles.